The number of amides is 1. The normalized spacial score (nSPS) is 25.4. The summed E-state index contributed by atoms with van der Waals surface area (Å²) in [6, 6.07) is 0. The van der Waals surface area contributed by atoms with Gasteiger partial charge in [-0.05, 0) is 52.6 Å². The summed E-state index contributed by atoms with van der Waals surface area (Å²) in [5, 5.41) is 18.0. The summed E-state index contributed by atoms with van der Waals surface area (Å²) in [5.41, 5.74) is 2.15. The second kappa shape index (κ2) is 6.01. The summed E-state index contributed by atoms with van der Waals surface area (Å²) in [7, 11) is 3.94. The van der Waals surface area contributed by atoms with Crippen LogP contribution in [0.4, 0.5) is 0 Å². The van der Waals surface area contributed by atoms with Crippen LogP contribution in [-0.4, -0.2) is 70.3 Å². The van der Waals surface area contributed by atoms with Crippen LogP contribution in [0, 0.1) is 0 Å². The molecule has 1 amide bonds. The number of carbonyl (C=O) groups excluding carboxylic acids is 1. The molecule has 2 aliphatic rings. The average Bonchev–Trinajstić information content (AvgIpc) is 2.99. The van der Waals surface area contributed by atoms with Crippen LogP contribution in [0.3, 0.4) is 0 Å². The van der Waals surface area contributed by atoms with E-state index < -0.39 is 5.60 Å². The van der Waals surface area contributed by atoms with Gasteiger partial charge in [-0.2, -0.15) is 5.10 Å². The van der Waals surface area contributed by atoms with Gasteiger partial charge in [0.15, 0.2) is 5.69 Å². The van der Waals surface area contributed by atoms with Crippen molar-refractivity contribution < 1.29 is 9.90 Å². The Balaban J connectivity index is 1.69. The zero-order valence-corrected chi connectivity index (χ0v) is 13.6. The number of fused-ring (bicyclic) bond motifs is 1. The number of nitrogens with one attached hydrogen (secondary N) is 1. The number of H-pyrrole nitrogens is 1. The molecule has 0 saturated carbocycles. The molecule has 22 heavy (non-hydrogen) atoms. The van der Waals surface area contributed by atoms with Gasteiger partial charge in [0.05, 0.1) is 5.60 Å². The van der Waals surface area contributed by atoms with Crippen molar-refractivity contribution in [1.29, 1.82) is 0 Å². The Hall–Kier alpha value is -1.40. The summed E-state index contributed by atoms with van der Waals surface area (Å²) in [4.78, 5) is 16.6. The van der Waals surface area contributed by atoms with Crippen molar-refractivity contribution in [3.8, 4) is 0 Å². The standard InChI is InChI=1S/C16H26N4O2/c1-19(2)11-16(22)7-4-9-20(10-8-16)15(21)14-12-5-3-6-13(12)17-18-14/h22H,3-11H2,1-2H3,(H,17,18)/t16-/m0/s1. The number of hydrogen-bond donors (Lipinski definition) is 2. The number of carbonyl (C=O) groups is 1. The number of nitrogens with zero attached hydrogens (tertiary/aromatic N) is 3. The van der Waals surface area contributed by atoms with Crippen LogP contribution in [0.1, 0.15) is 47.4 Å². The SMILES string of the molecule is CN(C)C[C@]1(O)CCCN(C(=O)c2n[nH]c3c2CCC3)CC1. The lowest BCUT2D eigenvalue weighted by Crippen LogP contribution is -2.41. The highest BCUT2D eigenvalue weighted by molar-refractivity contribution is 5.94. The molecule has 6 nitrogen and oxygen atoms in total. The summed E-state index contributed by atoms with van der Waals surface area (Å²) in [6.07, 6.45) is 5.26. The molecule has 1 atom stereocenters. The first kappa shape index (κ1) is 15.5. The van der Waals surface area contributed by atoms with Gasteiger partial charge in [-0.1, -0.05) is 0 Å². The van der Waals surface area contributed by atoms with E-state index in [0.717, 1.165) is 43.4 Å². The average molecular weight is 306 g/mol. The minimum Gasteiger partial charge on any atom is -0.388 e. The second-order valence-electron chi connectivity index (χ2n) is 6.99. The molecule has 0 aromatic carbocycles. The van der Waals surface area contributed by atoms with Crippen molar-refractivity contribution in [2.24, 2.45) is 0 Å². The van der Waals surface area contributed by atoms with Crippen molar-refractivity contribution >= 4 is 5.91 Å². The first-order chi connectivity index (χ1) is 10.5. The maximum atomic E-state index is 12.8. The molecule has 0 spiro atoms. The molecule has 0 unspecified atom stereocenters. The number of aromatic nitrogens is 2. The Bertz CT molecular complexity index is 554. The number of aryl methyl sites for hydroxylation is 1. The van der Waals surface area contributed by atoms with Crippen LogP contribution in [0.2, 0.25) is 0 Å². The predicted octanol–water partition coefficient (Wildman–Crippen LogP) is 0.817. The smallest absolute Gasteiger partial charge is 0.274 e. The summed E-state index contributed by atoms with van der Waals surface area (Å²) in [6.45, 7) is 1.95. The van der Waals surface area contributed by atoms with E-state index >= 15 is 0 Å². The van der Waals surface area contributed by atoms with Gasteiger partial charge in [0.25, 0.3) is 5.91 Å². The molecule has 1 fully saturated rings. The molecular formula is C16H26N4O2. The van der Waals surface area contributed by atoms with Gasteiger partial charge < -0.3 is 14.9 Å². The Morgan fingerprint density at radius 3 is 2.91 bits per heavy atom. The van der Waals surface area contributed by atoms with E-state index in [1.54, 1.807) is 0 Å². The third-order valence-corrected chi connectivity index (χ3v) is 4.82. The fraction of sp³-hybridized carbons (Fsp3) is 0.750. The zero-order chi connectivity index (χ0) is 15.7. The lowest BCUT2D eigenvalue weighted by atomic mass is 9.94. The predicted molar refractivity (Wildman–Crippen MR) is 83.9 cm³/mol. The van der Waals surface area contributed by atoms with Crippen LogP contribution in [0.15, 0.2) is 0 Å². The van der Waals surface area contributed by atoms with E-state index in [2.05, 4.69) is 10.2 Å². The zero-order valence-electron chi connectivity index (χ0n) is 13.6. The van der Waals surface area contributed by atoms with E-state index in [4.69, 9.17) is 0 Å². The molecule has 1 aromatic rings. The van der Waals surface area contributed by atoms with Gasteiger partial charge in [-0.3, -0.25) is 9.89 Å². The number of likely N-dealkylation sites (N-methyl/N-ethyl adjacent to an activating group) is 1. The summed E-state index contributed by atoms with van der Waals surface area (Å²) < 4.78 is 0. The highest BCUT2D eigenvalue weighted by atomic mass is 16.3. The molecule has 6 heteroatoms. The lowest BCUT2D eigenvalue weighted by molar-refractivity contribution is 0.00303. The van der Waals surface area contributed by atoms with Crippen molar-refractivity contribution in [3.05, 3.63) is 17.0 Å². The molecule has 2 N–H and O–H groups in total. The molecule has 1 aliphatic heterocycles. The van der Waals surface area contributed by atoms with Crippen molar-refractivity contribution in [2.45, 2.75) is 44.1 Å². The van der Waals surface area contributed by atoms with Crippen LogP contribution in [-0.2, 0) is 12.8 Å². The monoisotopic (exact) mass is 306 g/mol. The van der Waals surface area contributed by atoms with Gasteiger partial charge >= 0.3 is 0 Å². The number of aromatic amines is 1. The van der Waals surface area contributed by atoms with Crippen LogP contribution in [0.5, 0.6) is 0 Å². The van der Waals surface area contributed by atoms with Crippen molar-refractivity contribution in [1.82, 2.24) is 20.0 Å². The number of aliphatic hydroxyl groups is 1. The maximum Gasteiger partial charge on any atom is 0.274 e. The second-order valence-corrected chi connectivity index (χ2v) is 6.99. The fourth-order valence-electron chi connectivity index (χ4n) is 3.77. The van der Waals surface area contributed by atoms with Crippen LogP contribution in [0.25, 0.3) is 0 Å². The van der Waals surface area contributed by atoms with Crippen LogP contribution < -0.4 is 0 Å². The Labute approximate surface area is 131 Å². The minimum atomic E-state index is -0.688. The third-order valence-electron chi connectivity index (χ3n) is 4.82. The highest BCUT2D eigenvalue weighted by Gasteiger charge is 2.33. The highest BCUT2D eigenvalue weighted by Crippen LogP contribution is 2.27. The van der Waals surface area contributed by atoms with E-state index in [-0.39, 0.29) is 5.91 Å². The Morgan fingerprint density at radius 2 is 2.14 bits per heavy atom. The lowest BCUT2D eigenvalue weighted by Gasteiger charge is -2.29. The molecule has 122 valence electrons. The fourth-order valence-corrected chi connectivity index (χ4v) is 3.77. The van der Waals surface area contributed by atoms with Crippen molar-refractivity contribution in [2.75, 3.05) is 33.7 Å². The maximum absolute atomic E-state index is 12.8. The molecule has 1 aromatic heterocycles. The largest absolute Gasteiger partial charge is 0.388 e. The molecule has 3 rings (SSSR count). The van der Waals surface area contributed by atoms with Gasteiger partial charge in [0.2, 0.25) is 0 Å². The first-order valence-electron chi connectivity index (χ1n) is 8.21. The van der Waals surface area contributed by atoms with Gasteiger partial charge in [-0.15, -0.1) is 0 Å². The van der Waals surface area contributed by atoms with Crippen LogP contribution >= 0.6 is 0 Å². The van der Waals surface area contributed by atoms with Gasteiger partial charge in [-0.25, -0.2) is 0 Å². The van der Waals surface area contributed by atoms with E-state index in [0.29, 0.717) is 31.7 Å². The minimum absolute atomic E-state index is 0.0218. The Kier molecular flexibility index (Phi) is 4.23. The molecular weight excluding hydrogens is 280 g/mol. The Morgan fingerprint density at radius 1 is 1.32 bits per heavy atom. The van der Waals surface area contributed by atoms with E-state index in [1.807, 2.05) is 23.9 Å². The van der Waals surface area contributed by atoms with E-state index in [1.165, 1.54) is 0 Å². The molecule has 1 saturated heterocycles. The topological polar surface area (TPSA) is 72.5 Å². The van der Waals surface area contributed by atoms with Gasteiger partial charge in [0, 0.05) is 30.9 Å². The molecule has 1 aliphatic carbocycles. The first-order valence-corrected chi connectivity index (χ1v) is 8.21. The third kappa shape index (κ3) is 3.03. The summed E-state index contributed by atoms with van der Waals surface area (Å²) >= 11 is 0. The van der Waals surface area contributed by atoms with Crippen molar-refractivity contribution in [3.63, 3.8) is 0 Å². The molecule has 0 radical (unpaired) electrons. The number of likely N-dealkylation sites (tertiary alicyclic amines) is 1. The quantitative estimate of drug-likeness (QED) is 0.867. The molecule has 2 heterocycles. The van der Waals surface area contributed by atoms with E-state index in [9.17, 15) is 9.90 Å². The number of hydrogen-bond acceptors (Lipinski definition) is 4. The number of rotatable bonds is 3. The molecule has 0 bridgehead atoms. The summed E-state index contributed by atoms with van der Waals surface area (Å²) in [5.74, 6) is 0.0218. The van der Waals surface area contributed by atoms with Gasteiger partial charge in [0.1, 0.15) is 0 Å².